The fourth-order valence-electron chi connectivity index (χ4n) is 1.95. The van der Waals surface area contributed by atoms with Gasteiger partial charge in [-0.15, -0.1) is 0 Å². The van der Waals surface area contributed by atoms with Crippen LogP contribution in [0.5, 0.6) is 0 Å². The summed E-state index contributed by atoms with van der Waals surface area (Å²) in [4.78, 5) is 13.8. The Hall–Kier alpha value is -1.36. The highest BCUT2D eigenvalue weighted by Crippen LogP contribution is 2.11. The van der Waals surface area contributed by atoms with E-state index >= 15 is 0 Å². The lowest BCUT2D eigenvalue weighted by atomic mass is 10.1. The summed E-state index contributed by atoms with van der Waals surface area (Å²) in [6.45, 7) is 9.42. The minimum Gasteiger partial charge on any atom is -0.355 e. The lowest BCUT2D eigenvalue weighted by Gasteiger charge is -2.23. The van der Waals surface area contributed by atoms with Crippen molar-refractivity contribution in [1.29, 1.82) is 0 Å². The number of carbonyl (C=O) groups excluding carboxylic acids is 1. The first-order chi connectivity index (χ1) is 8.47. The maximum Gasteiger partial charge on any atom is 0.237 e. The van der Waals surface area contributed by atoms with Crippen LogP contribution in [0.4, 0.5) is 0 Å². The Labute approximate surface area is 109 Å². The van der Waals surface area contributed by atoms with Crippen molar-refractivity contribution >= 4 is 5.91 Å². The number of aromatic amines is 1. The van der Waals surface area contributed by atoms with Crippen LogP contribution in [0.25, 0.3) is 0 Å². The summed E-state index contributed by atoms with van der Waals surface area (Å²) >= 11 is 0. The van der Waals surface area contributed by atoms with Crippen molar-refractivity contribution < 1.29 is 4.79 Å². The molecule has 0 saturated heterocycles. The molecule has 1 heterocycles. The molecule has 5 heteroatoms. The smallest absolute Gasteiger partial charge is 0.237 e. The second kappa shape index (κ2) is 6.54. The molecule has 0 aromatic carbocycles. The Morgan fingerprint density at radius 1 is 1.50 bits per heavy atom. The van der Waals surface area contributed by atoms with E-state index in [-0.39, 0.29) is 11.9 Å². The third-order valence-corrected chi connectivity index (χ3v) is 3.39. The van der Waals surface area contributed by atoms with Gasteiger partial charge in [-0.2, -0.15) is 5.10 Å². The number of amides is 1. The van der Waals surface area contributed by atoms with Crippen molar-refractivity contribution in [3.05, 3.63) is 17.0 Å². The van der Waals surface area contributed by atoms with Gasteiger partial charge in [0.15, 0.2) is 0 Å². The molecule has 0 aliphatic rings. The first-order valence-electron chi connectivity index (χ1n) is 6.45. The average molecular weight is 252 g/mol. The summed E-state index contributed by atoms with van der Waals surface area (Å²) in [7, 11) is 1.98. The summed E-state index contributed by atoms with van der Waals surface area (Å²) in [6.07, 6.45) is 0.911. The number of aryl methyl sites for hydroxylation is 2. The van der Waals surface area contributed by atoms with Gasteiger partial charge in [-0.05, 0) is 46.7 Å². The summed E-state index contributed by atoms with van der Waals surface area (Å²) in [5.74, 6) is 0.0839. The second-order valence-electron chi connectivity index (χ2n) is 4.71. The number of aromatic nitrogens is 2. The molecule has 0 spiro atoms. The third-order valence-electron chi connectivity index (χ3n) is 3.39. The van der Waals surface area contributed by atoms with Gasteiger partial charge in [0, 0.05) is 18.8 Å². The Morgan fingerprint density at radius 2 is 2.17 bits per heavy atom. The highest BCUT2D eigenvalue weighted by atomic mass is 16.2. The number of rotatable bonds is 6. The SMILES string of the molecule is CCNC(=O)[C@H](C)N(C)CCc1c(C)n[nH]c1C. The van der Waals surface area contributed by atoms with E-state index in [1.54, 1.807) is 0 Å². The molecule has 0 saturated carbocycles. The molecule has 1 atom stereocenters. The fourth-order valence-corrected chi connectivity index (χ4v) is 1.95. The van der Waals surface area contributed by atoms with Crippen LogP contribution in [0.1, 0.15) is 30.8 Å². The van der Waals surface area contributed by atoms with E-state index in [1.807, 2.05) is 34.7 Å². The fraction of sp³-hybridized carbons (Fsp3) is 0.692. The molecule has 2 N–H and O–H groups in total. The third kappa shape index (κ3) is 3.57. The minimum absolute atomic E-state index is 0.0839. The predicted octanol–water partition coefficient (Wildman–Crippen LogP) is 1.03. The van der Waals surface area contributed by atoms with Crippen molar-refractivity contribution in [3.8, 4) is 0 Å². The lowest BCUT2D eigenvalue weighted by molar-refractivity contribution is -0.125. The van der Waals surface area contributed by atoms with Crippen molar-refractivity contribution in [2.24, 2.45) is 0 Å². The molecule has 102 valence electrons. The molecule has 5 nitrogen and oxygen atoms in total. The first kappa shape index (κ1) is 14.7. The van der Waals surface area contributed by atoms with Gasteiger partial charge < -0.3 is 5.32 Å². The number of H-pyrrole nitrogens is 1. The monoisotopic (exact) mass is 252 g/mol. The zero-order chi connectivity index (χ0) is 13.7. The second-order valence-corrected chi connectivity index (χ2v) is 4.71. The quantitative estimate of drug-likeness (QED) is 0.795. The number of nitrogens with zero attached hydrogens (tertiary/aromatic N) is 2. The molecule has 0 unspecified atom stereocenters. The summed E-state index contributed by atoms with van der Waals surface area (Å²) in [5, 5.41) is 10.0. The van der Waals surface area contributed by atoms with Gasteiger partial charge >= 0.3 is 0 Å². The predicted molar refractivity (Wildman–Crippen MR) is 72.5 cm³/mol. The molecule has 1 amide bonds. The Bertz CT molecular complexity index is 380. The molecule has 0 aliphatic heterocycles. The van der Waals surface area contributed by atoms with Gasteiger partial charge in [-0.3, -0.25) is 14.8 Å². The maximum atomic E-state index is 11.7. The minimum atomic E-state index is -0.0996. The molecule has 1 aromatic heterocycles. The molecule has 0 bridgehead atoms. The van der Waals surface area contributed by atoms with Crippen LogP contribution < -0.4 is 5.32 Å². The van der Waals surface area contributed by atoms with Crippen LogP contribution in [0.3, 0.4) is 0 Å². The van der Waals surface area contributed by atoms with Crippen molar-refractivity contribution in [2.75, 3.05) is 20.1 Å². The van der Waals surface area contributed by atoms with Crippen LogP contribution in [0.15, 0.2) is 0 Å². The number of likely N-dealkylation sites (N-methyl/N-ethyl adjacent to an activating group) is 2. The van der Waals surface area contributed by atoms with E-state index in [0.29, 0.717) is 6.54 Å². The van der Waals surface area contributed by atoms with E-state index in [9.17, 15) is 4.79 Å². The highest BCUT2D eigenvalue weighted by molar-refractivity contribution is 5.81. The van der Waals surface area contributed by atoms with E-state index in [2.05, 4.69) is 20.4 Å². The average Bonchev–Trinajstić information content (AvgIpc) is 2.65. The number of carbonyl (C=O) groups is 1. The molecule has 0 fully saturated rings. The van der Waals surface area contributed by atoms with E-state index in [4.69, 9.17) is 0 Å². The molecule has 1 rings (SSSR count). The van der Waals surface area contributed by atoms with Crippen LogP contribution in [0.2, 0.25) is 0 Å². The zero-order valence-electron chi connectivity index (χ0n) is 12.0. The molecule has 1 aromatic rings. The van der Waals surface area contributed by atoms with Crippen molar-refractivity contribution in [3.63, 3.8) is 0 Å². The number of hydrogen-bond acceptors (Lipinski definition) is 3. The molecule has 18 heavy (non-hydrogen) atoms. The van der Waals surface area contributed by atoms with Crippen molar-refractivity contribution in [2.45, 2.75) is 40.2 Å². The summed E-state index contributed by atoms with van der Waals surface area (Å²) in [6, 6.07) is -0.0996. The van der Waals surface area contributed by atoms with Gasteiger partial charge in [-0.1, -0.05) is 0 Å². The summed E-state index contributed by atoms with van der Waals surface area (Å²) < 4.78 is 0. The standard InChI is InChI=1S/C13H24N4O/c1-6-14-13(18)11(4)17(5)8-7-12-9(2)15-16-10(12)3/h11H,6-8H2,1-5H3,(H,14,18)(H,15,16)/t11-/m0/s1. The Kier molecular flexibility index (Phi) is 5.34. The Morgan fingerprint density at radius 3 is 2.67 bits per heavy atom. The molecule has 0 aliphatic carbocycles. The van der Waals surface area contributed by atoms with Gasteiger partial charge in [0.1, 0.15) is 0 Å². The first-order valence-corrected chi connectivity index (χ1v) is 6.45. The molecular formula is C13H24N4O. The highest BCUT2D eigenvalue weighted by Gasteiger charge is 2.17. The normalized spacial score (nSPS) is 12.8. The topological polar surface area (TPSA) is 61.0 Å². The number of hydrogen-bond donors (Lipinski definition) is 2. The largest absolute Gasteiger partial charge is 0.355 e. The lowest BCUT2D eigenvalue weighted by Crippen LogP contribution is -2.43. The van der Waals surface area contributed by atoms with Crippen LogP contribution in [-0.2, 0) is 11.2 Å². The zero-order valence-corrected chi connectivity index (χ0v) is 12.0. The van der Waals surface area contributed by atoms with E-state index in [1.165, 1.54) is 5.56 Å². The van der Waals surface area contributed by atoms with Crippen LogP contribution in [-0.4, -0.2) is 47.2 Å². The summed E-state index contributed by atoms with van der Waals surface area (Å²) in [5.41, 5.74) is 3.42. The van der Waals surface area contributed by atoms with Crippen molar-refractivity contribution in [1.82, 2.24) is 20.4 Å². The molecule has 0 radical (unpaired) electrons. The number of nitrogens with one attached hydrogen (secondary N) is 2. The van der Waals surface area contributed by atoms with E-state index < -0.39 is 0 Å². The maximum absolute atomic E-state index is 11.7. The van der Waals surface area contributed by atoms with Gasteiger partial charge in [0.2, 0.25) is 5.91 Å². The Balaban J connectivity index is 2.51. The van der Waals surface area contributed by atoms with Crippen LogP contribution >= 0.6 is 0 Å². The van der Waals surface area contributed by atoms with Gasteiger partial charge in [0.05, 0.1) is 11.7 Å². The molecular weight excluding hydrogens is 228 g/mol. The van der Waals surface area contributed by atoms with Gasteiger partial charge in [-0.25, -0.2) is 0 Å². The van der Waals surface area contributed by atoms with Crippen LogP contribution in [0, 0.1) is 13.8 Å². The van der Waals surface area contributed by atoms with E-state index in [0.717, 1.165) is 24.4 Å². The van der Waals surface area contributed by atoms with Gasteiger partial charge in [0.25, 0.3) is 0 Å².